The molecule has 0 bridgehead atoms. The Morgan fingerprint density at radius 2 is 2.36 bits per heavy atom. The van der Waals surface area contributed by atoms with Crippen LogP contribution in [0.15, 0.2) is 17.7 Å². The van der Waals surface area contributed by atoms with Crippen molar-refractivity contribution >= 4 is 22.9 Å². The summed E-state index contributed by atoms with van der Waals surface area (Å²) >= 11 is 1.49. The number of hydrogen-bond donors (Lipinski definition) is 2. The minimum Gasteiger partial charge on any atom is -0.393 e. The largest absolute Gasteiger partial charge is 0.393 e. The number of aliphatic hydroxyl groups excluding tert-OH is 1. The summed E-state index contributed by atoms with van der Waals surface area (Å²) in [4.78, 5) is 15.1. The van der Waals surface area contributed by atoms with Crippen molar-refractivity contribution in [2.24, 2.45) is 0 Å². The van der Waals surface area contributed by atoms with E-state index >= 15 is 0 Å². The number of aliphatic hydroxyl groups is 1. The molecule has 0 radical (unpaired) electrons. The van der Waals surface area contributed by atoms with Crippen molar-refractivity contribution in [1.82, 2.24) is 19.9 Å². The lowest BCUT2D eigenvalue weighted by molar-refractivity contribution is 0.220. The highest BCUT2D eigenvalue weighted by Crippen LogP contribution is 2.21. The smallest absolute Gasteiger partial charge is 0.181 e. The zero-order valence-corrected chi connectivity index (χ0v) is 8.45. The van der Waals surface area contributed by atoms with Crippen molar-refractivity contribution in [2.75, 3.05) is 5.75 Å². The summed E-state index contributed by atoms with van der Waals surface area (Å²) in [5.74, 6) is 0.616. The van der Waals surface area contributed by atoms with Crippen LogP contribution in [0.4, 0.5) is 0 Å². The fourth-order valence-corrected chi connectivity index (χ4v) is 1.87. The highest BCUT2D eigenvalue weighted by Gasteiger charge is 2.07. The third kappa shape index (κ3) is 1.85. The molecule has 0 spiro atoms. The van der Waals surface area contributed by atoms with Crippen molar-refractivity contribution in [2.45, 2.75) is 18.1 Å². The van der Waals surface area contributed by atoms with E-state index in [-0.39, 0.29) is 6.10 Å². The van der Waals surface area contributed by atoms with Crippen LogP contribution in [0.2, 0.25) is 0 Å². The van der Waals surface area contributed by atoms with Crippen LogP contribution >= 0.6 is 11.8 Å². The van der Waals surface area contributed by atoms with E-state index in [2.05, 4.69) is 19.9 Å². The highest BCUT2D eigenvalue weighted by molar-refractivity contribution is 7.99. The molecule has 2 N–H and O–H groups in total. The molecule has 0 saturated heterocycles. The first-order chi connectivity index (χ1) is 6.77. The van der Waals surface area contributed by atoms with Crippen LogP contribution in [0.25, 0.3) is 11.2 Å². The molecule has 74 valence electrons. The van der Waals surface area contributed by atoms with Gasteiger partial charge in [-0.2, -0.15) is 0 Å². The van der Waals surface area contributed by atoms with Gasteiger partial charge in [0, 0.05) is 5.75 Å². The normalized spacial score (nSPS) is 13.3. The van der Waals surface area contributed by atoms with Gasteiger partial charge in [0.2, 0.25) is 0 Å². The Hall–Kier alpha value is -1.14. The molecule has 2 aromatic rings. The number of fused-ring (bicyclic) bond motifs is 1. The average molecular weight is 210 g/mol. The lowest BCUT2D eigenvalue weighted by Crippen LogP contribution is -2.03. The van der Waals surface area contributed by atoms with Crippen LogP contribution in [0.1, 0.15) is 6.92 Å². The van der Waals surface area contributed by atoms with E-state index in [4.69, 9.17) is 5.11 Å². The molecule has 0 aromatic carbocycles. The van der Waals surface area contributed by atoms with Gasteiger partial charge in [0.05, 0.1) is 12.4 Å². The van der Waals surface area contributed by atoms with Crippen LogP contribution in [0, 0.1) is 0 Å². The fourth-order valence-electron chi connectivity index (χ4n) is 1.05. The quantitative estimate of drug-likeness (QED) is 0.579. The van der Waals surface area contributed by atoms with Crippen molar-refractivity contribution in [3.63, 3.8) is 0 Å². The van der Waals surface area contributed by atoms with Gasteiger partial charge in [0.15, 0.2) is 5.65 Å². The summed E-state index contributed by atoms with van der Waals surface area (Å²) in [5.41, 5.74) is 1.49. The molecule has 0 aliphatic rings. The molecule has 2 rings (SSSR count). The number of hydrogen-bond acceptors (Lipinski definition) is 5. The Morgan fingerprint density at radius 3 is 3.14 bits per heavy atom. The molecule has 0 unspecified atom stereocenters. The Kier molecular flexibility index (Phi) is 2.64. The first-order valence-electron chi connectivity index (χ1n) is 4.22. The number of rotatable bonds is 3. The number of nitrogens with one attached hydrogen (secondary N) is 1. The van der Waals surface area contributed by atoms with Crippen molar-refractivity contribution in [1.29, 1.82) is 0 Å². The Balaban J connectivity index is 2.27. The maximum atomic E-state index is 9.15. The topological polar surface area (TPSA) is 74.7 Å². The summed E-state index contributed by atoms with van der Waals surface area (Å²) in [5, 5.41) is 9.97. The van der Waals surface area contributed by atoms with Crippen molar-refractivity contribution in [3.05, 3.63) is 12.7 Å². The van der Waals surface area contributed by atoms with E-state index in [1.54, 1.807) is 13.3 Å². The predicted molar refractivity (Wildman–Crippen MR) is 54.1 cm³/mol. The van der Waals surface area contributed by atoms with E-state index in [0.29, 0.717) is 11.4 Å². The molecule has 14 heavy (non-hydrogen) atoms. The van der Waals surface area contributed by atoms with Crippen LogP contribution < -0.4 is 0 Å². The lowest BCUT2D eigenvalue weighted by atomic mass is 10.5. The van der Waals surface area contributed by atoms with Gasteiger partial charge in [-0.25, -0.2) is 15.0 Å². The second-order valence-corrected chi connectivity index (χ2v) is 3.95. The van der Waals surface area contributed by atoms with Gasteiger partial charge in [-0.3, -0.25) is 0 Å². The average Bonchev–Trinajstić information content (AvgIpc) is 2.62. The van der Waals surface area contributed by atoms with Crippen molar-refractivity contribution < 1.29 is 5.11 Å². The number of aromatic nitrogens is 4. The molecule has 2 aromatic heterocycles. The first kappa shape index (κ1) is 9.42. The molecule has 5 nitrogen and oxygen atoms in total. The number of aromatic amines is 1. The summed E-state index contributed by atoms with van der Waals surface area (Å²) in [6.07, 6.45) is 2.73. The summed E-state index contributed by atoms with van der Waals surface area (Å²) in [6.45, 7) is 1.75. The van der Waals surface area contributed by atoms with E-state index in [1.165, 1.54) is 18.1 Å². The highest BCUT2D eigenvalue weighted by atomic mass is 32.2. The monoisotopic (exact) mass is 210 g/mol. The van der Waals surface area contributed by atoms with E-state index in [9.17, 15) is 0 Å². The second-order valence-electron chi connectivity index (χ2n) is 2.94. The third-order valence-corrected chi connectivity index (χ3v) is 2.88. The molecule has 1 atom stereocenters. The Labute approximate surface area is 85.0 Å². The molecule has 0 aliphatic carbocycles. The standard InChI is InChI=1S/C8H10N4OS/c1-5(13)2-14-8-6-7(10-3-9-6)11-4-12-8/h3-5,13H,2H2,1H3,(H,9,10,11,12)/t5-/m1/s1. The molecular formula is C8H10N4OS. The number of H-pyrrole nitrogens is 1. The van der Waals surface area contributed by atoms with E-state index in [1.807, 2.05) is 0 Å². The summed E-state index contributed by atoms with van der Waals surface area (Å²) in [6, 6.07) is 0. The number of imidazole rings is 1. The van der Waals surface area contributed by atoms with Crippen molar-refractivity contribution in [3.8, 4) is 0 Å². The zero-order chi connectivity index (χ0) is 9.97. The van der Waals surface area contributed by atoms with Gasteiger partial charge < -0.3 is 10.1 Å². The van der Waals surface area contributed by atoms with Gasteiger partial charge in [0.25, 0.3) is 0 Å². The molecule has 2 heterocycles. The zero-order valence-electron chi connectivity index (χ0n) is 7.64. The van der Waals surface area contributed by atoms with Gasteiger partial charge in [-0.05, 0) is 6.92 Å². The fraction of sp³-hybridized carbons (Fsp3) is 0.375. The number of nitrogens with zero attached hydrogens (tertiary/aromatic N) is 3. The van der Waals surface area contributed by atoms with Gasteiger partial charge in [-0.1, -0.05) is 0 Å². The maximum absolute atomic E-state index is 9.15. The molecule has 0 aliphatic heterocycles. The maximum Gasteiger partial charge on any atom is 0.181 e. The van der Waals surface area contributed by atoms with Gasteiger partial charge in [-0.15, -0.1) is 11.8 Å². The van der Waals surface area contributed by atoms with Crippen LogP contribution in [-0.2, 0) is 0 Å². The minimum atomic E-state index is -0.340. The molecular weight excluding hydrogens is 200 g/mol. The van der Waals surface area contributed by atoms with Crippen LogP contribution in [-0.4, -0.2) is 36.9 Å². The predicted octanol–water partition coefficient (Wildman–Crippen LogP) is 0.826. The number of thioether (sulfide) groups is 1. The van der Waals surface area contributed by atoms with E-state index in [0.717, 1.165) is 10.5 Å². The minimum absolute atomic E-state index is 0.340. The molecule has 0 fully saturated rings. The summed E-state index contributed by atoms with van der Waals surface area (Å²) < 4.78 is 0. The second kappa shape index (κ2) is 3.93. The Morgan fingerprint density at radius 1 is 1.50 bits per heavy atom. The SMILES string of the molecule is C[C@@H](O)CSc1ncnc2nc[nH]c12. The lowest BCUT2D eigenvalue weighted by Gasteiger charge is -2.02. The summed E-state index contributed by atoms with van der Waals surface area (Å²) in [7, 11) is 0. The van der Waals surface area contributed by atoms with Crippen LogP contribution in [0.3, 0.4) is 0 Å². The molecule has 0 amide bonds. The molecule has 6 heteroatoms. The van der Waals surface area contributed by atoms with E-state index < -0.39 is 0 Å². The third-order valence-electron chi connectivity index (χ3n) is 1.65. The Bertz CT molecular complexity index is 428. The molecule has 0 saturated carbocycles. The van der Waals surface area contributed by atoms with Gasteiger partial charge in [0.1, 0.15) is 16.9 Å². The first-order valence-corrected chi connectivity index (χ1v) is 5.21. The van der Waals surface area contributed by atoms with Crippen LogP contribution in [0.5, 0.6) is 0 Å². The van der Waals surface area contributed by atoms with Gasteiger partial charge >= 0.3 is 0 Å².